The lowest BCUT2D eigenvalue weighted by Crippen LogP contribution is -2.40. The number of nitrogens with one attached hydrogen (secondary N) is 1. The Morgan fingerprint density at radius 2 is 2.03 bits per heavy atom. The molecule has 2 amide bonds. The molecule has 32 heavy (non-hydrogen) atoms. The van der Waals surface area contributed by atoms with Crippen molar-refractivity contribution in [2.45, 2.75) is 19.4 Å². The van der Waals surface area contributed by atoms with Crippen LogP contribution in [0.1, 0.15) is 28.0 Å². The van der Waals surface area contributed by atoms with Crippen LogP contribution in [0, 0.1) is 5.92 Å². The molecule has 2 aromatic carbocycles. The van der Waals surface area contributed by atoms with Crippen molar-refractivity contribution in [2.75, 3.05) is 25.1 Å². The molecule has 8 heteroatoms. The van der Waals surface area contributed by atoms with E-state index < -0.39 is 5.97 Å². The Balaban J connectivity index is 1.37. The van der Waals surface area contributed by atoms with Crippen LogP contribution >= 0.6 is 11.6 Å². The molecule has 2 aliphatic heterocycles. The number of carbonyl (C=O) groups excluding carboxylic acids is 3. The smallest absolute Gasteiger partial charge is 0.337 e. The first-order valence-corrected chi connectivity index (χ1v) is 10.9. The van der Waals surface area contributed by atoms with Crippen molar-refractivity contribution in [3.63, 3.8) is 0 Å². The summed E-state index contributed by atoms with van der Waals surface area (Å²) in [6.07, 6.45) is 0.886. The van der Waals surface area contributed by atoms with Crippen LogP contribution in [-0.4, -0.2) is 47.9 Å². The van der Waals surface area contributed by atoms with Gasteiger partial charge in [0.2, 0.25) is 11.8 Å². The molecular weight excluding hydrogens is 430 g/mol. The van der Waals surface area contributed by atoms with E-state index >= 15 is 0 Å². The molecule has 1 aromatic heterocycles. The maximum Gasteiger partial charge on any atom is 0.337 e. The highest BCUT2D eigenvalue weighted by Crippen LogP contribution is 2.32. The summed E-state index contributed by atoms with van der Waals surface area (Å²) < 4.78 is 4.84. The summed E-state index contributed by atoms with van der Waals surface area (Å²) in [5.41, 5.74) is 4.21. The predicted molar refractivity (Wildman–Crippen MR) is 121 cm³/mol. The SMILES string of the molecule is COC(=O)c1ccc2[nH]c3c(c2c1)CN(C(=O)C1CC(=O)N(c2cccc(Cl)c2)C1)CC3. The number of methoxy groups -OCH3 is 1. The van der Waals surface area contributed by atoms with Gasteiger partial charge in [-0.25, -0.2) is 4.79 Å². The molecule has 0 saturated carbocycles. The minimum absolute atomic E-state index is 0.0213. The number of benzene rings is 2. The van der Waals surface area contributed by atoms with Crippen molar-refractivity contribution in [2.24, 2.45) is 5.92 Å². The quantitative estimate of drug-likeness (QED) is 0.617. The molecule has 0 bridgehead atoms. The average Bonchev–Trinajstić information content (AvgIpc) is 3.37. The third kappa shape index (κ3) is 3.52. The molecular formula is C24H22ClN3O4. The fraction of sp³-hybridized carbons (Fsp3) is 0.292. The van der Waals surface area contributed by atoms with Gasteiger partial charge in [0.05, 0.1) is 18.6 Å². The van der Waals surface area contributed by atoms with Crippen LogP contribution in [0.3, 0.4) is 0 Å². The van der Waals surface area contributed by atoms with Gasteiger partial charge in [-0.1, -0.05) is 17.7 Å². The number of aromatic amines is 1. The predicted octanol–water partition coefficient (Wildman–Crippen LogP) is 3.55. The number of amides is 2. The van der Waals surface area contributed by atoms with E-state index in [0.717, 1.165) is 22.2 Å². The summed E-state index contributed by atoms with van der Waals surface area (Å²) >= 11 is 6.07. The second-order valence-corrected chi connectivity index (χ2v) is 8.67. The lowest BCUT2D eigenvalue weighted by Gasteiger charge is -2.29. The number of rotatable bonds is 3. The monoisotopic (exact) mass is 451 g/mol. The van der Waals surface area contributed by atoms with Crippen LogP contribution in [0.2, 0.25) is 5.02 Å². The molecule has 7 nitrogen and oxygen atoms in total. The van der Waals surface area contributed by atoms with Crippen molar-refractivity contribution >= 4 is 46.0 Å². The minimum atomic E-state index is -0.392. The molecule has 1 unspecified atom stereocenters. The summed E-state index contributed by atoms with van der Waals surface area (Å²) in [6, 6.07) is 12.5. The molecule has 1 saturated heterocycles. The third-order valence-corrected chi connectivity index (χ3v) is 6.54. The van der Waals surface area contributed by atoms with Crippen LogP contribution in [0.25, 0.3) is 10.9 Å². The molecule has 3 aromatic rings. The Morgan fingerprint density at radius 1 is 1.19 bits per heavy atom. The molecule has 1 fully saturated rings. The second kappa shape index (κ2) is 7.98. The number of esters is 1. The Hall–Kier alpha value is -3.32. The van der Waals surface area contributed by atoms with E-state index in [0.29, 0.717) is 42.3 Å². The van der Waals surface area contributed by atoms with Crippen LogP contribution in [0.4, 0.5) is 5.69 Å². The van der Waals surface area contributed by atoms with Gasteiger partial charge in [0.15, 0.2) is 0 Å². The Kier molecular flexibility index (Phi) is 5.13. The molecule has 2 aliphatic rings. The first-order valence-electron chi connectivity index (χ1n) is 10.5. The second-order valence-electron chi connectivity index (χ2n) is 8.23. The largest absolute Gasteiger partial charge is 0.465 e. The Morgan fingerprint density at radius 3 is 2.81 bits per heavy atom. The number of halogens is 1. The van der Waals surface area contributed by atoms with Gasteiger partial charge in [-0.15, -0.1) is 0 Å². The number of nitrogens with zero attached hydrogens (tertiary/aromatic N) is 2. The summed E-state index contributed by atoms with van der Waals surface area (Å²) in [7, 11) is 1.36. The van der Waals surface area contributed by atoms with E-state index in [4.69, 9.17) is 16.3 Å². The zero-order valence-electron chi connectivity index (χ0n) is 17.6. The van der Waals surface area contributed by atoms with Gasteiger partial charge in [-0.2, -0.15) is 0 Å². The molecule has 0 radical (unpaired) electrons. The van der Waals surface area contributed by atoms with Gasteiger partial charge in [0.1, 0.15) is 0 Å². The number of hydrogen-bond donors (Lipinski definition) is 1. The lowest BCUT2D eigenvalue weighted by atomic mass is 10.0. The first-order chi connectivity index (χ1) is 15.4. The molecule has 3 heterocycles. The van der Waals surface area contributed by atoms with Crippen molar-refractivity contribution in [1.29, 1.82) is 0 Å². The van der Waals surface area contributed by atoms with Crippen LogP contribution in [0.5, 0.6) is 0 Å². The standard InChI is InChI=1S/C24H22ClN3O4/c1-32-24(31)14-5-6-20-18(9-14)19-13-27(8-7-21(19)26-20)23(30)15-10-22(29)28(12-15)17-4-2-3-16(25)11-17/h2-6,9,11,15,26H,7-8,10,12-13H2,1H3. The van der Waals surface area contributed by atoms with Crippen LogP contribution in [0.15, 0.2) is 42.5 Å². The number of ether oxygens (including phenoxy) is 1. The minimum Gasteiger partial charge on any atom is -0.465 e. The molecule has 0 aliphatic carbocycles. The van der Waals surface area contributed by atoms with Crippen LogP contribution < -0.4 is 4.90 Å². The van der Waals surface area contributed by atoms with E-state index in [-0.39, 0.29) is 24.2 Å². The maximum absolute atomic E-state index is 13.3. The normalized spacial score (nSPS) is 18.2. The van der Waals surface area contributed by atoms with E-state index in [1.54, 1.807) is 29.2 Å². The number of fused-ring (bicyclic) bond motifs is 3. The maximum atomic E-state index is 13.3. The van der Waals surface area contributed by atoms with Gasteiger partial charge in [-0.05, 0) is 36.4 Å². The number of anilines is 1. The third-order valence-electron chi connectivity index (χ3n) is 6.30. The van der Waals surface area contributed by atoms with Gasteiger partial charge >= 0.3 is 5.97 Å². The fourth-order valence-electron chi connectivity index (χ4n) is 4.67. The topological polar surface area (TPSA) is 82.7 Å². The number of H-pyrrole nitrogens is 1. The van der Waals surface area contributed by atoms with E-state index in [2.05, 4.69) is 4.98 Å². The first kappa shape index (κ1) is 20.6. The summed E-state index contributed by atoms with van der Waals surface area (Å²) in [5, 5.41) is 1.47. The zero-order valence-corrected chi connectivity index (χ0v) is 18.3. The number of carbonyl (C=O) groups is 3. The van der Waals surface area contributed by atoms with E-state index in [9.17, 15) is 14.4 Å². The summed E-state index contributed by atoms with van der Waals surface area (Å²) in [4.78, 5) is 44.7. The fourth-order valence-corrected chi connectivity index (χ4v) is 4.86. The Labute approximate surface area is 189 Å². The van der Waals surface area contributed by atoms with Gasteiger partial charge in [-0.3, -0.25) is 9.59 Å². The zero-order chi connectivity index (χ0) is 22.4. The molecule has 1 atom stereocenters. The van der Waals surface area contributed by atoms with Crippen molar-refractivity contribution < 1.29 is 19.1 Å². The van der Waals surface area contributed by atoms with Gasteiger partial charge < -0.3 is 19.5 Å². The van der Waals surface area contributed by atoms with Crippen molar-refractivity contribution in [1.82, 2.24) is 9.88 Å². The highest BCUT2D eigenvalue weighted by atomic mass is 35.5. The summed E-state index contributed by atoms with van der Waals surface area (Å²) in [5.74, 6) is -0.875. The summed E-state index contributed by atoms with van der Waals surface area (Å²) in [6.45, 7) is 1.38. The number of hydrogen-bond acceptors (Lipinski definition) is 4. The molecule has 5 rings (SSSR count). The number of aromatic nitrogens is 1. The van der Waals surface area contributed by atoms with E-state index in [1.807, 2.05) is 23.1 Å². The van der Waals surface area contributed by atoms with Crippen molar-refractivity contribution in [3.8, 4) is 0 Å². The molecule has 164 valence electrons. The lowest BCUT2D eigenvalue weighted by molar-refractivity contribution is -0.136. The van der Waals surface area contributed by atoms with Crippen LogP contribution in [-0.2, 0) is 27.3 Å². The highest BCUT2D eigenvalue weighted by molar-refractivity contribution is 6.31. The molecule has 1 N–H and O–H groups in total. The van der Waals surface area contributed by atoms with E-state index in [1.165, 1.54) is 7.11 Å². The molecule has 0 spiro atoms. The van der Waals surface area contributed by atoms with Crippen molar-refractivity contribution in [3.05, 3.63) is 64.3 Å². The highest BCUT2D eigenvalue weighted by Gasteiger charge is 2.38. The average molecular weight is 452 g/mol. The Bertz CT molecular complexity index is 1250. The van der Waals surface area contributed by atoms with Gasteiger partial charge in [0.25, 0.3) is 0 Å². The van der Waals surface area contributed by atoms with Gasteiger partial charge in [0, 0.05) is 65.3 Å².